The van der Waals surface area contributed by atoms with Crippen LogP contribution in [0.3, 0.4) is 0 Å². The van der Waals surface area contributed by atoms with E-state index >= 15 is 0 Å². The van der Waals surface area contributed by atoms with Crippen LogP contribution in [0.2, 0.25) is 0 Å². The van der Waals surface area contributed by atoms with Crippen LogP contribution < -0.4 is 10.6 Å². The van der Waals surface area contributed by atoms with Gasteiger partial charge in [0.25, 0.3) is 5.91 Å². The molecule has 0 aliphatic rings. The number of nitrogens with one attached hydrogen (secondary N) is 2. The summed E-state index contributed by atoms with van der Waals surface area (Å²) in [6, 6.07) is 16.6. The van der Waals surface area contributed by atoms with E-state index in [1.165, 1.54) is 0 Å². The number of carbonyl (C=O) groups is 2. The highest BCUT2D eigenvalue weighted by molar-refractivity contribution is 6.06. The van der Waals surface area contributed by atoms with Crippen LogP contribution in [0.25, 0.3) is 22.3 Å². The molecule has 0 fully saturated rings. The normalized spacial score (nSPS) is 10.9. The summed E-state index contributed by atoms with van der Waals surface area (Å²) in [6.45, 7) is 2.64. The molecule has 37 heavy (non-hydrogen) atoms. The molecule has 2 amide bonds. The Morgan fingerprint density at radius 1 is 1.05 bits per heavy atom. The summed E-state index contributed by atoms with van der Waals surface area (Å²) in [5, 5.41) is 11.0. The fourth-order valence-electron chi connectivity index (χ4n) is 4.05. The maximum atomic E-state index is 13.4. The van der Waals surface area contributed by atoms with E-state index in [-0.39, 0.29) is 11.8 Å². The Morgan fingerprint density at radius 3 is 2.76 bits per heavy atom. The number of fused-ring (bicyclic) bond motifs is 1. The van der Waals surface area contributed by atoms with Gasteiger partial charge < -0.3 is 15.1 Å². The average molecular weight is 495 g/mol. The summed E-state index contributed by atoms with van der Waals surface area (Å²) >= 11 is 0. The van der Waals surface area contributed by atoms with Crippen molar-refractivity contribution >= 4 is 28.5 Å². The first-order valence-corrected chi connectivity index (χ1v) is 12.1. The van der Waals surface area contributed by atoms with Gasteiger partial charge in [0.1, 0.15) is 12.3 Å². The van der Waals surface area contributed by atoms with Gasteiger partial charge in [0.05, 0.1) is 29.1 Å². The first-order valence-electron chi connectivity index (χ1n) is 12.1. The molecule has 0 spiro atoms. The number of hydrogen-bond donors (Lipinski definition) is 2. The van der Waals surface area contributed by atoms with E-state index in [9.17, 15) is 9.59 Å². The van der Waals surface area contributed by atoms with Crippen molar-refractivity contribution in [1.29, 1.82) is 0 Å². The van der Waals surface area contributed by atoms with Crippen molar-refractivity contribution in [2.75, 3.05) is 5.32 Å². The van der Waals surface area contributed by atoms with Crippen LogP contribution in [0.1, 0.15) is 41.4 Å². The second-order valence-electron chi connectivity index (χ2n) is 8.60. The summed E-state index contributed by atoms with van der Waals surface area (Å²) in [6.07, 6.45) is 7.90. The Balaban J connectivity index is 1.43. The number of hydrogen-bond acceptors (Lipinski definition) is 6. The van der Waals surface area contributed by atoms with Gasteiger partial charge in [-0.05, 0) is 54.4 Å². The topological polar surface area (TPSA) is 115 Å². The second kappa shape index (κ2) is 10.9. The van der Waals surface area contributed by atoms with Crippen molar-refractivity contribution in [3.8, 4) is 11.3 Å². The van der Waals surface area contributed by atoms with Crippen LogP contribution in [-0.4, -0.2) is 31.6 Å². The lowest BCUT2D eigenvalue weighted by molar-refractivity contribution is -0.116. The quantitative estimate of drug-likeness (QED) is 0.304. The third-order valence-electron chi connectivity index (χ3n) is 5.84. The second-order valence-corrected chi connectivity index (χ2v) is 8.60. The maximum Gasteiger partial charge on any atom is 0.252 e. The third-order valence-corrected chi connectivity index (χ3v) is 5.84. The van der Waals surface area contributed by atoms with Gasteiger partial charge in [-0.2, -0.15) is 5.10 Å². The summed E-state index contributed by atoms with van der Waals surface area (Å²) in [4.78, 5) is 34.3. The van der Waals surface area contributed by atoms with E-state index in [2.05, 4.69) is 20.7 Å². The minimum Gasteiger partial charge on any atom is -0.467 e. The van der Waals surface area contributed by atoms with E-state index in [1.807, 2.05) is 55.5 Å². The third kappa shape index (κ3) is 5.56. The van der Waals surface area contributed by atoms with Crippen LogP contribution in [0.4, 0.5) is 5.69 Å². The molecular weight excluding hydrogens is 468 g/mol. The van der Waals surface area contributed by atoms with Crippen molar-refractivity contribution in [3.63, 3.8) is 0 Å². The van der Waals surface area contributed by atoms with Gasteiger partial charge in [0.15, 0.2) is 5.65 Å². The molecule has 5 rings (SSSR count). The number of aromatic nitrogens is 4. The van der Waals surface area contributed by atoms with Gasteiger partial charge in [-0.25, -0.2) is 9.67 Å². The standard InChI is InChI=1S/C28H26N6O3/c1-2-6-26(35)32-21-9-3-7-19(13-21)15-30-28(36)23-14-25(20-8-4-11-29-16-20)33-27-24(23)17-31-34(27)18-22-10-5-12-37-22/h3-5,7-14,16-17H,2,6,15,18H2,1H3,(H,30,36)(H,32,35). The number of amides is 2. The van der Waals surface area contributed by atoms with Crippen molar-refractivity contribution < 1.29 is 14.0 Å². The SMILES string of the molecule is CCCC(=O)Nc1cccc(CNC(=O)c2cc(-c3cccnc3)nc3c2cnn3Cc2ccco2)c1. The molecule has 0 aliphatic heterocycles. The molecule has 9 heteroatoms. The maximum absolute atomic E-state index is 13.4. The predicted octanol–water partition coefficient (Wildman–Crippen LogP) is 4.80. The molecule has 0 atom stereocenters. The van der Waals surface area contributed by atoms with Gasteiger partial charge in [0.2, 0.25) is 5.91 Å². The highest BCUT2D eigenvalue weighted by Crippen LogP contribution is 2.25. The molecule has 186 valence electrons. The Morgan fingerprint density at radius 2 is 1.97 bits per heavy atom. The van der Waals surface area contributed by atoms with E-state index in [0.29, 0.717) is 47.5 Å². The lowest BCUT2D eigenvalue weighted by atomic mass is 10.1. The molecule has 0 aliphatic carbocycles. The average Bonchev–Trinajstić information content (AvgIpc) is 3.58. The monoisotopic (exact) mass is 494 g/mol. The summed E-state index contributed by atoms with van der Waals surface area (Å²) < 4.78 is 7.19. The Kier molecular flexibility index (Phi) is 7.02. The highest BCUT2D eigenvalue weighted by Gasteiger charge is 2.18. The lowest BCUT2D eigenvalue weighted by Gasteiger charge is -2.11. The number of nitrogens with zero attached hydrogens (tertiary/aromatic N) is 4. The van der Waals surface area contributed by atoms with Crippen LogP contribution in [-0.2, 0) is 17.9 Å². The van der Waals surface area contributed by atoms with Crippen molar-refractivity contribution in [2.24, 2.45) is 0 Å². The number of benzene rings is 1. The Labute approximate surface area is 213 Å². The van der Waals surface area contributed by atoms with Crippen LogP contribution >= 0.6 is 0 Å². The Bertz CT molecular complexity index is 1530. The molecule has 4 heterocycles. The number of pyridine rings is 2. The van der Waals surface area contributed by atoms with E-state index in [4.69, 9.17) is 9.40 Å². The first kappa shape index (κ1) is 23.9. The minimum absolute atomic E-state index is 0.0302. The molecule has 0 saturated heterocycles. The van der Waals surface area contributed by atoms with Crippen molar-refractivity contribution in [1.82, 2.24) is 25.1 Å². The molecule has 2 N–H and O–H groups in total. The van der Waals surface area contributed by atoms with Crippen LogP contribution in [0.15, 0.2) is 83.9 Å². The van der Waals surface area contributed by atoms with E-state index in [1.54, 1.807) is 35.6 Å². The number of rotatable bonds is 9. The molecule has 0 bridgehead atoms. The highest BCUT2D eigenvalue weighted by atomic mass is 16.3. The van der Waals surface area contributed by atoms with Crippen molar-refractivity contribution in [3.05, 3.63) is 96.3 Å². The first-order chi connectivity index (χ1) is 18.1. The van der Waals surface area contributed by atoms with Gasteiger partial charge in [0, 0.05) is 36.6 Å². The lowest BCUT2D eigenvalue weighted by Crippen LogP contribution is -2.23. The van der Waals surface area contributed by atoms with Gasteiger partial charge >= 0.3 is 0 Å². The Hall–Kier alpha value is -4.79. The molecular formula is C28H26N6O3. The molecule has 0 saturated carbocycles. The molecule has 4 aromatic heterocycles. The summed E-state index contributed by atoms with van der Waals surface area (Å²) in [5.74, 6) is 0.448. The zero-order valence-corrected chi connectivity index (χ0v) is 20.3. The zero-order valence-electron chi connectivity index (χ0n) is 20.3. The fraction of sp³-hybridized carbons (Fsp3) is 0.179. The molecule has 5 aromatic rings. The smallest absolute Gasteiger partial charge is 0.252 e. The number of carbonyl (C=O) groups excluding carboxylic acids is 2. The summed E-state index contributed by atoms with van der Waals surface area (Å²) in [5.41, 5.74) is 4.02. The van der Waals surface area contributed by atoms with E-state index < -0.39 is 0 Å². The number of furan rings is 1. The molecule has 0 unspecified atom stereocenters. The summed E-state index contributed by atoms with van der Waals surface area (Å²) in [7, 11) is 0. The van der Waals surface area contributed by atoms with Crippen LogP contribution in [0, 0.1) is 0 Å². The van der Waals surface area contributed by atoms with Gasteiger partial charge in [-0.1, -0.05) is 19.1 Å². The molecule has 0 radical (unpaired) electrons. The van der Waals surface area contributed by atoms with Gasteiger partial charge in [-0.15, -0.1) is 0 Å². The predicted molar refractivity (Wildman–Crippen MR) is 140 cm³/mol. The number of anilines is 1. The minimum atomic E-state index is -0.254. The molecule has 1 aromatic carbocycles. The molecule has 9 nitrogen and oxygen atoms in total. The fourth-order valence-corrected chi connectivity index (χ4v) is 4.05. The largest absolute Gasteiger partial charge is 0.467 e. The van der Waals surface area contributed by atoms with Crippen LogP contribution in [0.5, 0.6) is 0 Å². The van der Waals surface area contributed by atoms with E-state index in [0.717, 1.165) is 23.3 Å². The van der Waals surface area contributed by atoms with Gasteiger partial charge in [-0.3, -0.25) is 14.6 Å². The van der Waals surface area contributed by atoms with Crippen molar-refractivity contribution in [2.45, 2.75) is 32.9 Å². The zero-order chi connectivity index (χ0) is 25.6.